The van der Waals surface area contributed by atoms with Gasteiger partial charge in [0.2, 0.25) is 11.8 Å². The van der Waals surface area contributed by atoms with E-state index in [2.05, 4.69) is 39.4 Å². The molecule has 2 aromatic heterocycles. The number of carbonyl (C=O) groups is 4. The van der Waals surface area contributed by atoms with Crippen LogP contribution in [0.5, 0.6) is 0 Å². The molecule has 1 aromatic carbocycles. The zero-order valence-corrected chi connectivity index (χ0v) is 32.3. The number of carbonyl (C=O) groups excluding carboxylic acids is 4. The fourth-order valence-corrected chi connectivity index (χ4v) is 6.83. The van der Waals surface area contributed by atoms with E-state index in [1.54, 1.807) is 24.5 Å². The van der Waals surface area contributed by atoms with Gasteiger partial charge >= 0.3 is 6.09 Å². The lowest BCUT2D eigenvalue weighted by Crippen LogP contribution is -2.56. The van der Waals surface area contributed by atoms with Gasteiger partial charge < -0.3 is 35.3 Å². The van der Waals surface area contributed by atoms with Crippen LogP contribution in [0, 0.1) is 11.8 Å². The number of nitrogens with one attached hydrogen (secondary N) is 3. The zero-order valence-electron chi connectivity index (χ0n) is 32.3. The van der Waals surface area contributed by atoms with E-state index in [9.17, 15) is 24.3 Å². The summed E-state index contributed by atoms with van der Waals surface area (Å²) in [6, 6.07) is 13.2. The van der Waals surface area contributed by atoms with Crippen LogP contribution in [-0.4, -0.2) is 98.6 Å². The summed E-state index contributed by atoms with van der Waals surface area (Å²) in [7, 11) is 3.04. The number of aromatic nitrogens is 3. The summed E-state index contributed by atoms with van der Waals surface area (Å²) in [6.45, 7) is 4.54. The van der Waals surface area contributed by atoms with Gasteiger partial charge in [-0.25, -0.2) is 9.78 Å². The third-order valence-electron chi connectivity index (χ3n) is 10.2. The summed E-state index contributed by atoms with van der Waals surface area (Å²) in [5, 5.41) is 17.3. The average Bonchev–Trinajstić information content (AvgIpc) is 3.70. The summed E-state index contributed by atoms with van der Waals surface area (Å²) in [4.78, 5) is 68.7. The number of benzene rings is 1. The number of likely N-dealkylation sites (N-methyl/N-ethyl adjacent to an activating group) is 1. The molecule has 0 radical (unpaired) electrons. The Bertz CT molecular complexity index is 1570. The minimum Gasteiger partial charge on any atom is -0.436 e. The second-order valence-corrected chi connectivity index (χ2v) is 15.0. The Hall–Kier alpha value is -4.78. The van der Waals surface area contributed by atoms with Gasteiger partial charge in [-0.2, -0.15) is 0 Å². The first-order valence-electron chi connectivity index (χ1n) is 19.3. The highest BCUT2D eigenvalue weighted by atomic mass is 16.6. The van der Waals surface area contributed by atoms with E-state index in [1.165, 1.54) is 36.6 Å². The Morgan fingerprint density at radius 2 is 1.69 bits per heavy atom. The van der Waals surface area contributed by atoms with Crippen molar-refractivity contribution in [2.24, 2.45) is 11.8 Å². The molecule has 4 rings (SSSR count). The fourth-order valence-electron chi connectivity index (χ4n) is 6.83. The molecule has 4 amide bonds. The molecule has 1 saturated carbocycles. The average molecular weight is 746 g/mol. The van der Waals surface area contributed by atoms with E-state index < -0.39 is 42.2 Å². The molecule has 1 aliphatic carbocycles. The molecule has 1 aliphatic rings. The number of rotatable bonds is 20. The lowest BCUT2D eigenvalue weighted by atomic mass is 9.83. The first-order chi connectivity index (χ1) is 26.0. The molecule has 294 valence electrons. The highest BCUT2D eigenvalue weighted by molar-refractivity contribution is 5.90. The Morgan fingerprint density at radius 3 is 2.35 bits per heavy atom. The number of aliphatic hydroxyl groups is 1. The predicted molar refractivity (Wildman–Crippen MR) is 206 cm³/mol. The Kier molecular flexibility index (Phi) is 16.9. The van der Waals surface area contributed by atoms with Crippen molar-refractivity contribution in [1.29, 1.82) is 0 Å². The highest BCUT2D eigenvalue weighted by Crippen LogP contribution is 2.29. The van der Waals surface area contributed by atoms with E-state index in [-0.39, 0.29) is 38.3 Å². The maximum Gasteiger partial charge on any atom is 0.410 e. The number of nitrogens with zero attached hydrogens (tertiary/aromatic N) is 4. The number of hydrogen-bond acceptors (Lipinski definition) is 8. The minimum atomic E-state index is -1.27. The van der Waals surface area contributed by atoms with Gasteiger partial charge in [0.1, 0.15) is 6.04 Å². The molecular formula is C41H59N7O6. The van der Waals surface area contributed by atoms with Gasteiger partial charge in [0.25, 0.3) is 5.91 Å². The van der Waals surface area contributed by atoms with E-state index in [0.717, 1.165) is 37.7 Å². The van der Waals surface area contributed by atoms with Gasteiger partial charge in [-0.1, -0.05) is 82.3 Å². The molecular weight excluding hydrogens is 686 g/mol. The summed E-state index contributed by atoms with van der Waals surface area (Å²) in [5.74, 6) is -0.425. The number of H-pyrrole nitrogens is 1. The largest absolute Gasteiger partial charge is 0.436 e. The van der Waals surface area contributed by atoms with Crippen molar-refractivity contribution in [3.8, 4) is 0 Å². The predicted octanol–water partition coefficient (Wildman–Crippen LogP) is 4.81. The van der Waals surface area contributed by atoms with Crippen molar-refractivity contribution in [2.75, 3.05) is 20.6 Å². The molecule has 13 heteroatoms. The molecule has 2 heterocycles. The smallest absolute Gasteiger partial charge is 0.410 e. The molecule has 0 saturated heterocycles. The number of hydrogen-bond donors (Lipinski definition) is 4. The van der Waals surface area contributed by atoms with Crippen LogP contribution in [0.2, 0.25) is 0 Å². The monoisotopic (exact) mass is 745 g/mol. The summed E-state index contributed by atoms with van der Waals surface area (Å²) in [5.41, 5.74) is 2.06. The fraction of sp³-hybridized carbons (Fsp3) is 0.561. The van der Waals surface area contributed by atoms with Gasteiger partial charge in [-0.3, -0.25) is 19.4 Å². The van der Waals surface area contributed by atoms with Crippen LogP contribution in [0.4, 0.5) is 4.79 Å². The van der Waals surface area contributed by atoms with Crippen molar-refractivity contribution < 1.29 is 29.0 Å². The van der Waals surface area contributed by atoms with Crippen molar-refractivity contribution in [3.05, 3.63) is 84.2 Å². The van der Waals surface area contributed by atoms with E-state index in [4.69, 9.17) is 4.74 Å². The normalized spacial score (nSPS) is 15.4. The van der Waals surface area contributed by atoms with Gasteiger partial charge in [-0.15, -0.1) is 0 Å². The molecule has 54 heavy (non-hydrogen) atoms. The Labute approximate surface area is 319 Å². The van der Waals surface area contributed by atoms with Crippen molar-refractivity contribution in [3.63, 3.8) is 0 Å². The topological polar surface area (TPSA) is 170 Å². The molecule has 0 spiro atoms. The second kappa shape index (κ2) is 21.8. The van der Waals surface area contributed by atoms with Crippen LogP contribution in [0.3, 0.4) is 0 Å². The SMILES string of the molecule is CC(C)CC[C@H](O)[C@H](CC1CCCCC1)NC(=O)[C@H](Cc1c[nH]cn1)N(C)C(=O)[C@H](Cc1ccccc1)OC(=O)N(C)CCC(=O)NCc1ccccn1. The molecule has 0 bridgehead atoms. The van der Waals surface area contributed by atoms with Crippen LogP contribution in [0.25, 0.3) is 0 Å². The van der Waals surface area contributed by atoms with Gasteiger partial charge in [0, 0.05) is 52.3 Å². The van der Waals surface area contributed by atoms with Gasteiger partial charge in [0.05, 0.1) is 36.4 Å². The maximum atomic E-state index is 14.4. The number of ether oxygens (including phenoxy) is 1. The summed E-state index contributed by atoms with van der Waals surface area (Å²) in [6.07, 6.45) is 9.93. The number of aliphatic hydroxyl groups excluding tert-OH is 1. The molecule has 1 fully saturated rings. The molecule has 3 aromatic rings. The first kappa shape index (κ1) is 42.0. The van der Waals surface area contributed by atoms with Crippen LogP contribution in [0.15, 0.2) is 67.3 Å². The number of pyridine rings is 1. The van der Waals surface area contributed by atoms with E-state index in [1.807, 2.05) is 36.4 Å². The molecule has 13 nitrogen and oxygen atoms in total. The number of amides is 4. The minimum absolute atomic E-state index is 0.0204. The van der Waals surface area contributed by atoms with E-state index in [0.29, 0.717) is 36.1 Å². The lowest BCUT2D eigenvalue weighted by Gasteiger charge is -2.34. The van der Waals surface area contributed by atoms with Crippen molar-refractivity contribution in [1.82, 2.24) is 35.4 Å². The number of imidazole rings is 1. The molecule has 4 N–H and O–H groups in total. The standard InChI is InChI=1S/C41H59N7O6/c1-29(2)18-19-36(49)34(23-30-13-7-5-8-14-30)46-39(51)35(25-33-26-42-28-45-33)48(4)40(52)37(24-31-15-9-6-10-16-31)54-41(53)47(3)22-20-38(50)44-27-32-17-11-12-21-43-32/h6,9-12,15-17,21,26,28-30,34-37,49H,5,7-8,13-14,18-20,22-25,27H2,1-4H3,(H,42,45)(H,44,50)(H,46,51)/t34-,35-,36-,37-/m0/s1. The second-order valence-electron chi connectivity index (χ2n) is 15.0. The molecule has 4 atom stereocenters. The van der Waals surface area contributed by atoms with Crippen LogP contribution in [-0.2, 0) is 38.5 Å². The third-order valence-corrected chi connectivity index (χ3v) is 10.2. The molecule has 0 unspecified atom stereocenters. The summed E-state index contributed by atoms with van der Waals surface area (Å²) < 4.78 is 5.86. The molecule has 0 aliphatic heterocycles. The van der Waals surface area contributed by atoms with Crippen LogP contribution >= 0.6 is 0 Å². The highest BCUT2D eigenvalue weighted by Gasteiger charge is 2.36. The number of aromatic amines is 1. The van der Waals surface area contributed by atoms with Crippen molar-refractivity contribution >= 4 is 23.8 Å². The third kappa shape index (κ3) is 13.9. The van der Waals surface area contributed by atoms with Crippen molar-refractivity contribution in [2.45, 2.75) is 115 Å². The lowest BCUT2D eigenvalue weighted by molar-refractivity contribution is -0.146. The van der Waals surface area contributed by atoms with Gasteiger partial charge in [-0.05, 0) is 48.8 Å². The van der Waals surface area contributed by atoms with Crippen LogP contribution in [0.1, 0.15) is 88.6 Å². The summed E-state index contributed by atoms with van der Waals surface area (Å²) >= 11 is 0. The van der Waals surface area contributed by atoms with Crippen LogP contribution < -0.4 is 10.6 Å². The zero-order chi connectivity index (χ0) is 38.9. The quantitative estimate of drug-likeness (QED) is 0.128. The van der Waals surface area contributed by atoms with Gasteiger partial charge in [0.15, 0.2) is 6.10 Å². The Balaban J connectivity index is 1.49. The van der Waals surface area contributed by atoms with E-state index >= 15 is 0 Å². The first-order valence-corrected chi connectivity index (χ1v) is 19.3. The Morgan fingerprint density at radius 1 is 0.944 bits per heavy atom. The maximum absolute atomic E-state index is 14.4.